The van der Waals surface area contributed by atoms with Crippen LogP contribution < -0.4 is 0 Å². The van der Waals surface area contributed by atoms with Gasteiger partial charge in [-0.1, -0.05) is 23.2 Å². The van der Waals surface area contributed by atoms with Gasteiger partial charge in [-0.05, 0) is 18.2 Å². The first kappa shape index (κ1) is 8.73. The number of benzene rings is 1. The lowest BCUT2D eigenvalue weighted by Crippen LogP contribution is -1.82. The fraction of sp³-hybridized carbons (Fsp3) is 0. The summed E-state index contributed by atoms with van der Waals surface area (Å²) in [6.45, 7) is 0. The molecule has 0 radical (unpaired) electrons. The van der Waals surface area contributed by atoms with Crippen molar-refractivity contribution in [2.45, 2.75) is 0 Å². The fourth-order valence-corrected chi connectivity index (χ4v) is 1.65. The Kier molecular flexibility index (Phi) is 2.10. The molecule has 2 aromatic rings. The number of nitrogens with zero attached hydrogens (tertiary/aromatic N) is 1. The highest BCUT2D eigenvalue weighted by Gasteiger charge is 2.05. The number of aromatic nitrogens is 1. The molecule has 13 heavy (non-hydrogen) atoms. The Morgan fingerprint density at radius 1 is 1.15 bits per heavy atom. The minimum absolute atomic E-state index is 0.263. The predicted molar refractivity (Wildman–Crippen MR) is 51.7 cm³/mol. The highest BCUT2D eigenvalue weighted by Crippen LogP contribution is 2.28. The van der Waals surface area contributed by atoms with Gasteiger partial charge in [0.1, 0.15) is 11.0 Å². The molecule has 0 N–H and O–H groups in total. The summed E-state index contributed by atoms with van der Waals surface area (Å²) in [5.41, 5.74) is 0. The Morgan fingerprint density at radius 3 is 2.69 bits per heavy atom. The zero-order valence-corrected chi connectivity index (χ0v) is 7.90. The molecule has 0 bridgehead atoms. The van der Waals surface area contributed by atoms with E-state index in [1.165, 1.54) is 18.3 Å². The molecule has 0 saturated carbocycles. The summed E-state index contributed by atoms with van der Waals surface area (Å²) in [6, 6.07) is 4.26. The average molecular weight is 216 g/mol. The Hall–Kier alpha value is -0.860. The van der Waals surface area contributed by atoms with Crippen molar-refractivity contribution < 1.29 is 4.39 Å². The summed E-state index contributed by atoms with van der Waals surface area (Å²) in [5.74, 6) is -0.410. The standard InChI is InChI=1S/C9H4Cl2FN/c10-8-4-5(12)3-7-6(8)1-2-13-9(7)11/h1-4H. The summed E-state index contributed by atoms with van der Waals surface area (Å²) in [5, 5.41) is 1.86. The van der Waals surface area contributed by atoms with E-state index in [1.807, 2.05) is 0 Å². The minimum Gasteiger partial charge on any atom is -0.244 e. The van der Waals surface area contributed by atoms with Crippen LogP contribution in [0.5, 0.6) is 0 Å². The number of fused-ring (bicyclic) bond motifs is 1. The third-order valence-corrected chi connectivity index (χ3v) is 2.36. The molecule has 66 valence electrons. The average Bonchev–Trinajstić information content (AvgIpc) is 2.07. The maximum Gasteiger partial charge on any atom is 0.136 e. The molecule has 1 aromatic carbocycles. The fourth-order valence-electron chi connectivity index (χ4n) is 1.17. The van der Waals surface area contributed by atoms with Crippen LogP contribution in [0.2, 0.25) is 10.2 Å². The summed E-state index contributed by atoms with van der Waals surface area (Å²) in [7, 11) is 0. The molecule has 0 spiro atoms. The Balaban J connectivity index is 2.94. The lowest BCUT2D eigenvalue weighted by atomic mass is 10.2. The maximum atomic E-state index is 12.9. The largest absolute Gasteiger partial charge is 0.244 e. The van der Waals surface area contributed by atoms with Crippen molar-refractivity contribution in [1.29, 1.82) is 0 Å². The van der Waals surface area contributed by atoms with Gasteiger partial charge in [0, 0.05) is 17.0 Å². The van der Waals surface area contributed by atoms with Gasteiger partial charge in [0.25, 0.3) is 0 Å². The molecule has 0 aliphatic rings. The molecule has 0 atom stereocenters. The van der Waals surface area contributed by atoms with E-state index in [9.17, 15) is 4.39 Å². The van der Waals surface area contributed by atoms with E-state index in [-0.39, 0.29) is 5.15 Å². The third-order valence-electron chi connectivity index (χ3n) is 1.75. The van der Waals surface area contributed by atoms with Crippen molar-refractivity contribution in [3.8, 4) is 0 Å². The first-order chi connectivity index (χ1) is 6.18. The molecular formula is C9H4Cl2FN. The van der Waals surface area contributed by atoms with Gasteiger partial charge in [-0.2, -0.15) is 0 Å². The van der Waals surface area contributed by atoms with Gasteiger partial charge in [-0.3, -0.25) is 0 Å². The molecule has 4 heteroatoms. The van der Waals surface area contributed by atoms with Gasteiger partial charge in [-0.25, -0.2) is 9.37 Å². The summed E-state index contributed by atoms with van der Waals surface area (Å²) in [6.07, 6.45) is 1.54. The molecule has 0 aliphatic carbocycles. The SMILES string of the molecule is Fc1cc(Cl)c2ccnc(Cl)c2c1. The van der Waals surface area contributed by atoms with Gasteiger partial charge in [0.15, 0.2) is 0 Å². The second-order valence-corrected chi connectivity index (χ2v) is 3.35. The lowest BCUT2D eigenvalue weighted by Gasteiger charge is -2.01. The maximum absolute atomic E-state index is 12.9. The van der Waals surface area contributed by atoms with Crippen LogP contribution in [0.3, 0.4) is 0 Å². The molecule has 0 saturated heterocycles. The van der Waals surface area contributed by atoms with Crippen LogP contribution in [0, 0.1) is 5.82 Å². The minimum atomic E-state index is -0.410. The van der Waals surface area contributed by atoms with Crippen LogP contribution in [0.25, 0.3) is 10.8 Å². The van der Waals surface area contributed by atoms with Crippen molar-refractivity contribution in [1.82, 2.24) is 4.98 Å². The van der Waals surface area contributed by atoms with Crippen LogP contribution in [0.1, 0.15) is 0 Å². The van der Waals surface area contributed by atoms with E-state index in [0.717, 1.165) is 0 Å². The van der Waals surface area contributed by atoms with Crippen molar-refractivity contribution in [2.24, 2.45) is 0 Å². The smallest absolute Gasteiger partial charge is 0.136 e. The molecule has 0 aliphatic heterocycles. The quantitative estimate of drug-likeness (QED) is 0.612. The monoisotopic (exact) mass is 215 g/mol. The number of hydrogen-bond donors (Lipinski definition) is 0. The molecule has 0 fully saturated rings. The highest BCUT2D eigenvalue weighted by atomic mass is 35.5. The summed E-state index contributed by atoms with van der Waals surface area (Å²) < 4.78 is 12.9. The molecule has 2 rings (SSSR count). The number of rotatable bonds is 0. The molecular weight excluding hydrogens is 212 g/mol. The van der Waals surface area contributed by atoms with E-state index in [0.29, 0.717) is 15.8 Å². The van der Waals surface area contributed by atoms with E-state index in [2.05, 4.69) is 4.98 Å². The predicted octanol–water partition coefficient (Wildman–Crippen LogP) is 3.68. The van der Waals surface area contributed by atoms with Crippen molar-refractivity contribution in [3.63, 3.8) is 0 Å². The Morgan fingerprint density at radius 2 is 1.92 bits per heavy atom. The third kappa shape index (κ3) is 1.47. The molecule has 1 heterocycles. The number of hydrogen-bond acceptors (Lipinski definition) is 1. The second-order valence-electron chi connectivity index (χ2n) is 2.58. The second kappa shape index (κ2) is 3.13. The van der Waals surface area contributed by atoms with E-state index in [1.54, 1.807) is 6.07 Å². The van der Waals surface area contributed by atoms with E-state index in [4.69, 9.17) is 23.2 Å². The Labute approximate surface area is 84.1 Å². The first-order valence-electron chi connectivity index (χ1n) is 3.58. The molecule has 1 nitrogen and oxygen atoms in total. The zero-order valence-electron chi connectivity index (χ0n) is 6.39. The Bertz CT molecular complexity index is 470. The van der Waals surface area contributed by atoms with Gasteiger partial charge in [0.2, 0.25) is 0 Å². The van der Waals surface area contributed by atoms with Crippen LogP contribution in [0.15, 0.2) is 24.4 Å². The van der Waals surface area contributed by atoms with Crippen LogP contribution in [-0.2, 0) is 0 Å². The van der Waals surface area contributed by atoms with Crippen LogP contribution in [0.4, 0.5) is 4.39 Å². The molecule has 0 unspecified atom stereocenters. The van der Waals surface area contributed by atoms with Crippen LogP contribution >= 0.6 is 23.2 Å². The van der Waals surface area contributed by atoms with Gasteiger partial charge in [-0.15, -0.1) is 0 Å². The van der Waals surface area contributed by atoms with E-state index < -0.39 is 5.82 Å². The lowest BCUT2D eigenvalue weighted by molar-refractivity contribution is 0.630. The van der Waals surface area contributed by atoms with Crippen molar-refractivity contribution >= 4 is 34.0 Å². The first-order valence-corrected chi connectivity index (χ1v) is 4.33. The van der Waals surface area contributed by atoms with Gasteiger partial charge >= 0.3 is 0 Å². The summed E-state index contributed by atoms with van der Waals surface area (Å²) in [4.78, 5) is 3.83. The normalized spacial score (nSPS) is 10.7. The molecule has 0 amide bonds. The topological polar surface area (TPSA) is 12.9 Å². The van der Waals surface area contributed by atoms with Crippen molar-refractivity contribution in [2.75, 3.05) is 0 Å². The van der Waals surface area contributed by atoms with Crippen molar-refractivity contribution in [3.05, 3.63) is 40.4 Å². The van der Waals surface area contributed by atoms with Gasteiger partial charge in [0.05, 0.1) is 5.02 Å². The highest BCUT2D eigenvalue weighted by molar-refractivity contribution is 6.38. The van der Waals surface area contributed by atoms with E-state index >= 15 is 0 Å². The molecule has 1 aromatic heterocycles. The number of pyridine rings is 1. The number of halogens is 3. The zero-order chi connectivity index (χ0) is 9.42. The summed E-state index contributed by atoms with van der Waals surface area (Å²) >= 11 is 11.6. The van der Waals surface area contributed by atoms with Gasteiger partial charge < -0.3 is 0 Å². The van der Waals surface area contributed by atoms with Crippen LogP contribution in [-0.4, -0.2) is 4.98 Å².